The van der Waals surface area contributed by atoms with E-state index in [1.165, 1.54) is 12.5 Å². The van der Waals surface area contributed by atoms with Crippen molar-refractivity contribution in [2.24, 2.45) is 0 Å². The number of carbonyl (C=O) groups excluding carboxylic acids is 1. The Labute approximate surface area is 142 Å². The number of aromatic nitrogens is 1. The largest absolute Gasteiger partial charge is 0.347 e. The summed E-state index contributed by atoms with van der Waals surface area (Å²) in [6, 6.07) is 5.02. The summed E-state index contributed by atoms with van der Waals surface area (Å²) in [5.41, 5.74) is 0.694. The summed E-state index contributed by atoms with van der Waals surface area (Å²) < 4.78 is 24.1. The van der Waals surface area contributed by atoms with Crippen LogP contribution in [0.3, 0.4) is 0 Å². The van der Waals surface area contributed by atoms with E-state index in [0.717, 1.165) is 25.9 Å². The molecule has 0 spiro atoms. The number of hydrogen-bond acceptors (Lipinski definition) is 5. The molecule has 1 aromatic rings. The van der Waals surface area contributed by atoms with E-state index in [0.29, 0.717) is 5.69 Å². The van der Waals surface area contributed by atoms with Crippen LogP contribution in [0.5, 0.6) is 0 Å². The lowest BCUT2D eigenvalue weighted by Gasteiger charge is -2.34. The van der Waals surface area contributed by atoms with Gasteiger partial charge in [-0.1, -0.05) is 12.5 Å². The molecule has 1 amide bonds. The molecular weight excluding hydrogens is 326 g/mol. The van der Waals surface area contributed by atoms with Crippen LogP contribution in [0.25, 0.3) is 6.08 Å². The van der Waals surface area contributed by atoms with Gasteiger partial charge in [-0.3, -0.25) is 14.7 Å². The number of nitrogens with zero attached hydrogens (tertiary/aromatic N) is 2. The summed E-state index contributed by atoms with van der Waals surface area (Å²) in [6.45, 7) is 1.83. The van der Waals surface area contributed by atoms with Gasteiger partial charge in [0.25, 0.3) is 0 Å². The first-order valence-electron chi connectivity index (χ1n) is 8.38. The van der Waals surface area contributed by atoms with Crippen LogP contribution in [-0.2, 0) is 14.6 Å². The van der Waals surface area contributed by atoms with E-state index in [9.17, 15) is 13.2 Å². The van der Waals surface area contributed by atoms with Crippen LogP contribution in [0, 0.1) is 0 Å². The summed E-state index contributed by atoms with van der Waals surface area (Å²) in [5.74, 6) is -0.107. The Bertz CT molecular complexity index is 697. The van der Waals surface area contributed by atoms with Crippen molar-refractivity contribution in [1.82, 2.24) is 15.2 Å². The zero-order valence-electron chi connectivity index (χ0n) is 13.6. The first-order valence-corrected chi connectivity index (χ1v) is 10.2. The van der Waals surface area contributed by atoms with Gasteiger partial charge in [0.05, 0.1) is 23.2 Å². The fourth-order valence-electron chi connectivity index (χ4n) is 3.44. The van der Waals surface area contributed by atoms with Gasteiger partial charge in [-0.15, -0.1) is 0 Å². The van der Waals surface area contributed by atoms with Gasteiger partial charge in [-0.2, -0.15) is 0 Å². The maximum Gasteiger partial charge on any atom is 0.244 e. The van der Waals surface area contributed by atoms with E-state index in [-0.39, 0.29) is 29.5 Å². The quantitative estimate of drug-likeness (QED) is 0.816. The number of hydrogen-bond donors (Lipinski definition) is 1. The second-order valence-corrected chi connectivity index (χ2v) is 8.60. The molecule has 2 fully saturated rings. The van der Waals surface area contributed by atoms with Crippen LogP contribution < -0.4 is 5.32 Å². The third-order valence-corrected chi connectivity index (χ3v) is 6.32. The van der Waals surface area contributed by atoms with Crippen LogP contribution in [0.4, 0.5) is 0 Å². The summed E-state index contributed by atoms with van der Waals surface area (Å²) in [6.07, 6.45) is 8.09. The summed E-state index contributed by atoms with van der Waals surface area (Å²) in [5, 5.41) is 2.88. The zero-order valence-corrected chi connectivity index (χ0v) is 14.4. The molecule has 24 heavy (non-hydrogen) atoms. The highest BCUT2D eigenvalue weighted by Crippen LogP contribution is 2.22. The predicted molar refractivity (Wildman–Crippen MR) is 93.1 cm³/mol. The number of piperidine rings is 1. The average molecular weight is 349 g/mol. The van der Waals surface area contributed by atoms with E-state index in [4.69, 9.17) is 0 Å². The molecule has 2 saturated heterocycles. The van der Waals surface area contributed by atoms with Crippen molar-refractivity contribution in [2.45, 2.75) is 31.3 Å². The molecular formula is C17H23N3O3S. The molecule has 2 aliphatic rings. The molecule has 6 nitrogen and oxygen atoms in total. The molecule has 0 bridgehead atoms. The van der Waals surface area contributed by atoms with Crippen molar-refractivity contribution in [1.29, 1.82) is 0 Å². The molecule has 2 aliphatic heterocycles. The van der Waals surface area contributed by atoms with Crippen molar-refractivity contribution < 1.29 is 13.2 Å². The highest BCUT2D eigenvalue weighted by atomic mass is 32.2. The number of sulfone groups is 1. The Hall–Kier alpha value is -1.73. The van der Waals surface area contributed by atoms with Gasteiger partial charge < -0.3 is 5.32 Å². The Kier molecular flexibility index (Phi) is 5.30. The minimum Gasteiger partial charge on any atom is -0.347 e. The van der Waals surface area contributed by atoms with E-state index in [2.05, 4.69) is 15.2 Å². The van der Waals surface area contributed by atoms with Gasteiger partial charge in [-0.25, -0.2) is 8.42 Å². The fraction of sp³-hybridized carbons (Fsp3) is 0.529. The average Bonchev–Trinajstić information content (AvgIpc) is 2.89. The van der Waals surface area contributed by atoms with Gasteiger partial charge >= 0.3 is 0 Å². The fourth-order valence-corrected chi connectivity index (χ4v) is 5.40. The number of carbonyl (C=O) groups is 1. The van der Waals surface area contributed by atoms with Crippen molar-refractivity contribution in [3.63, 3.8) is 0 Å². The SMILES string of the molecule is O=C(C=Cc1ccccn1)NC1CS(=O)(=O)CC1N1CCCCC1. The maximum absolute atomic E-state index is 12.2. The number of pyridine rings is 1. The van der Waals surface area contributed by atoms with Crippen molar-refractivity contribution in [3.8, 4) is 0 Å². The van der Waals surface area contributed by atoms with Crippen LogP contribution >= 0.6 is 0 Å². The van der Waals surface area contributed by atoms with Gasteiger partial charge in [0.1, 0.15) is 0 Å². The second kappa shape index (κ2) is 7.44. The third kappa shape index (κ3) is 4.42. The highest BCUT2D eigenvalue weighted by Gasteiger charge is 2.41. The summed E-state index contributed by atoms with van der Waals surface area (Å²) >= 11 is 0. The Morgan fingerprint density at radius 3 is 2.71 bits per heavy atom. The summed E-state index contributed by atoms with van der Waals surface area (Å²) in [7, 11) is -3.10. The van der Waals surface area contributed by atoms with Crippen LogP contribution in [0.2, 0.25) is 0 Å². The number of likely N-dealkylation sites (tertiary alicyclic amines) is 1. The van der Waals surface area contributed by atoms with Crippen LogP contribution in [0.1, 0.15) is 25.0 Å². The van der Waals surface area contributed by atoms with Gasteiger partial charge in [0.15, 0.2) is 9.84 Å². The van der Waals surface area contributed by atoms with Crippen LogP contribution in [-0.4, -0.2) is 60.9 Å². The Balaban J connectivity index is 1.65. The molecule has 1 aromatic heterocycles. The van der Waals surface area contributed by atoms with Gasteiger partial charge in [-0.05, 0) is 44.1 Å². The Morgan fingerprint density at radius 1 is 1.21 bits per heavy atom. The molecule has 2 unspecified atom stereocenters. The second-order valence-electron chi connectivity index (χ2n) is 6.44. The van der Waals surface area contributed by atoms with Gasteiger partial charge in [0, 0.05) is 18.3 Å². The van der Waals surface area contributed by atoms with Gasteiger partial charge in [0.2, 0.25) is 5.91 Å². The number of nitrogens with one attached hydrogen (secondary N) is 1. The predicted octanol–water partition coefficient (Wildman–Crippen LogP) is 0.862. The summed E-state index contributed by atoms with van der Waals surface area (Å²) in [4.78, 5) is 18.5. The third-order valence-electron chi connectivity index (χ3n) is 4.60. The van der Waals surface area contributed by atoms with E-state index in [1.54, 1.807) is 18.3 Å². The Morgan fingerprint density at radius 2 is 2.00 bits per heavy atom. The molecule has 0 aromatic carbocycles. The minimum atomic E-state index is -3.10. The topological polar surface area (TPSA) is 79.4 Å². The molecule has 2 atom stereocenters. The maximum atomic E-state index is 12.2. The van der Waals surface area contributed by atoms with Crippen molar-refractivity contribution in [2.75, 3.05) is 24.6 Å². The first-order chi connectivity index (χ1) is 11.5. The first kappa shape index (κ1) is 17.1. The van der Waals surface area contributed by atoms with E-state index < -0.39 is 9.84 Å². The molecule has 0 aliphatic carbocycles. The van der Waals surface area contributed by atoms with Crippen molar-refractivity contribution >= 4 is 21.8 Å². The minimum absolute atomic E-state index is 0.0251. The normalized spacial score (nSPS) is 27.3. The molecule has 130 valence electrons. The van der Waals surface area contributed by atoms with Crippen molar-refractivity contribution in [3.05, 3.63) is 36.2 Å². The monoisotopic (exact) mass is 349 g/mol. The smallest absolute Gasteiger partial charge is 0.244 e. The van der Waals surface area contributed by atoms with E-state index in [1.807, 2.05) is 12.1 Å². The lowest BCUT2D eigenvalue weighted by molar-refractivity contribution is -0.117. The standard InChI is InChI=1S/C17H23N3O3S/c21-17(8-7-14-6-2-3-9-18-14)19-15-12-24(22,23)13-16(15)20-10-4-1-5-11-20/h2-3,6-9,15-16H,1,4-5,10-13H2,(H,19,21). The lowest BCUT2D eigenvalue weighted by Crippen LogP contribution is -2.52. The highest BCUT2D eigenvalue weighted by molar-refractivity contribution is 7.91. The number of rotatable bonds is 4. The molecule has 1 N–H and O–H groups in total. The lowest BCUT2D eigenvalue weighted by atomic mass is 10.0. The van der Waals surface area contributed by atoms with E-state index >= 15 is 0 Å². The molecule has 0 radical (unpaired) electrons. The number of amides is 1. The molecule has 3 heterocycles. The molecule has 3 rings (SSSR count). The van der Waals surface area contributed by atoms with Crippen LogP contribution in [0.15, 0.2) is 30.5 Å². The molecule has 7 heteroatoms. The molecule has 0 saturated carbocycles. The zero-order chi connectivity index (χ0) is 17.0.